The van der Waals surface area contributed by atoms with Crippen LogP contribution in [0.3, 0.4) is 0 Å². The first kappa shape index (κ1) is 12.8. The lowest BCUT2D eigenvalue weighted by molar-refractivity contribution is 0.0775. The molecule has 0 bridgehead atoms. The highest BCUT2D eigenvalue weighted by atomic mass is 16.2. The van der Waals surface area contributed by atoms with Gasteiger partial charge in [0.15, 0.2) is 0 Å². The summed E-state index contributed by atoms with van der Waals surface area (Å²) < 4.78 is 0. The van der Waals surface area contributed by atoms with E-state index in [1.54, 1.807) is 17.2 Å². The molecule has 0 aromatic carbocycles. The lowest BCUT2D eigenvalue weighted by atomic mass is 10.1. The Morgan fingerprint density at radius 3 is 3.06 bits per heavy atom. The monoisotopic (exact) mass is 248 g/mol. The minimum Gasteiger partial charge on any atom is -0.397 e. The van der Waals surface area contributed by atoms with Gasteiger partial charge in [-0.2, -0.15) is 0 Å². The fraction of sp³-hybridized carbons (Fsp3) is 0.538. The van der Waals surface area contributed by atoms with Gasteiger partial charge in [-0.1, -0.05) is 0 Å². The molecule has 1 atom stereocenters. The van der Waals surface area contributed by atoms with Crippen molar-refractivity contribution >= 4 is 11.6 Å². The van der Waals surface area contributed by atoms with Crippen LogP contribution in [0, 0.1) is 5.92 Å². The molecule has 1 saturated heterocycles. The highest BCUT2D eigenvalue weighted by Crippen LogP contribution is 2.17. The lowest BCUT2D eigenvalue weighted by Crippen LogP contribution is -2.33. The molecule has 0 aliphatic carbocycles. The van der Waals surface area contributed by atoms with Crippen molar-refractivity contribution in [2.24, 2.45) is 5.92 Å². The summed E-state index contributed by atoms with van der Waals surface area (Å²) in [6.07, 6.45) is 4.27. The van der Waals surface area contributed by atoms with E-state index in [1.807, 2.05) is 7.05 Å². The van der Waals surface area contributed by atoms with Crippen LogP contribution in [0.2, 0.25) is 0 Å². The predicted molar refractivity (Wildman–Crippen MR) is 71.2 cm³/mol. The van der Waals surface area contributed by atoms with Crippen molar-refractivity contribution in [2.45, 2.75) is 6.42 Å². The van der Waals surface area contributed by atoms with E-state index in [2.05, 4.69) is 16.9 Å². The van der Waals surface area contributed by atoms with Crippen LogP contribution in [0.15, 0.2) is 18.5 Å². The van der Waals surface area contributed by atoms with Crippen molar-refractivity contribution in [1.29, 1.82) is 0 Å². The second kappa shape index (κ2) is 5.35. The first-order valence-electron chi connectivity index (χ1n) is 6.21. The van der Waals surface area contributed by atoms with Crippen LogP contribution in [0.25, 0.3) is 0 Å². The Morgan fingerprint density at radius 2 is 2.44 bits per heavy atom. The molecule has 0 spiro atoms. The largest absolute Gasteiger partial charge is 0.397 e. The number of nitrogen functional groups attached to an aromatic ring is 1. The van der Waals surface area contributed by atoms with Gasteiger partial charge in [0.2, 0.25) is 0 Å². The van der Waals surface area contributed by atoms with Crippen LogP contribution in [-0.4, -0.2) is 54.4 Å². The molecule has 2 rings (SSSR count). The zero-order valence-electron chi connectivity index (χ0n) is 11.0. The highest BCUT2D eigenvalue weighted by Gasteiger charge is 2.23. The lowest BCUT2D eigenvalue weighted by Gasteiger charge is -2.21. The number of aromatic nitrogens is 1. The van der Waals surface area contributed by atoms with Crippen LogP contribution < -0.4 is 5.73 Å². The molecule has 0 radical (unpaired) electrons. The van der Waals surface area contributed by atoms with E-state index in [9.17, 15) is 4.79 Å². The van der Waals surface area contributed by atoms with E-state index in [1.165, 1.54) is 6.20 Å². The van der Waals surface area contributed by atoms with Gasteiger partial charge in [-0.05, 0) is 32.0 Å². The third-order valence-corrected chi connectivity index (χ3v) is 3.45. The second-order valence-corrected chi connectivity index (χ2v) is 5.07. The van der Waals surface area contributed by atoms with Crippen molar-refractivity contribution < 1.29 is 4.79 Å². The Balaban J connectivity index is 1.99. The molecule has 5 nitrogen and oxygen atoms in total. The van der Waals surface area contributed by atoms with Crippen LogP contribution in [0.4, 0.5) is 5.69 Å². The van der Waals surface area contributed by atoms with Crippen molar-refractivity contribution in [3.8, 4) is 0 Å². The Kier molecular flexibility index (Phi) is 3.81. The maximum atomic E-state index is 12.2. The molecular weight excluding hydrogens is 228 g/mol. The molecular formula is C13H20N4O. The van der Waals surface area contributed by atoms with E-state index >= 15 is 0 Å². The van der Waals surface area contributed by atoms with Gasteiger partial charge in [-0.25, -0.2) is 0 Å². The molecule has 1 aromatic heterocycles. The van der Waals surface area contributed by atoms with Gasteiger partial charge in [0, 0.05) is 26.3 Å². The quantitative estimate of drug-likeness (QED) is 0.854. The van der Waals surface area contributed by atoms with Gasteiger partial charge in [-0.3, -0.25) is 9.78 Å². The van der Waals surface area contributed by atoms with Gasteiger partial charge in [0.1, 0.15) is 0 Å². The van der Waals surface area contributed by atoms with Crippen molar-refractivity contribution in [3.05, 3.63) is 24.0 Å². The van der Waals surface area contributed by atoms with Gasteiger partial charge < -0.3 is 15.5 Å². The summed E-state index contributed by atoms with van der Waals surface area (Å²) in [7, 11) is 3.95. The summed E-state index contributed by atoms with van der Waals surface area (Å²) in [5, 5.41) is 0. The standard InChI is InChI=1S/C13H20N4O/c1-16-6-4-10(8-16)9-17(2)13(18)11-3-5-15-7-12(11)14/h3,5,7,10H,4,6,8-9,14H2,1-2H3. The SMILES string of the molecule is CN1CCC(CN(C)C(=O)c2ccncc2N)C1. The number of carbonyl (C=O) groups excluding carboxylic acids is 1. The first-order valence-corrected chi connectivity index (χ1v) is 6.21. The fourth-order valence-corrected chi connectivity index (χ4v) is 2.45. The average Bonchev–Trinajstić information content (AvgIpc) is 2.74. The smallest absolute Gasteiger partial charge is 0.255 e. The van der Waals surface area contributed by atoms with Crippen molar-refractivity contribution in [2.75, 3.05) is 39.5 Å². The number of nitrogens with two attached hydrogens (primary N) is 1. The fourth-order valence-electron chi connectivity index (χ4n) is 2.45. The van der Waals surface area contributed by atoms with Gasteiger partial charge in [0.25, 0.3) is 5.91 Å². The molecule has 2 heterocycles. The topological polar surface area (TPSA) is 62.5 Å². The summed E-state index contributed by atoms with van der Waals surface area (Å²) >= 11 is 0. The minimum absolute atomic E-state index is 0.0237. The van der Waals surface area contributed by atoms with Crippen molar-refractivity contribution in [3.63, 3.8) is 0 Å². The molecule has 98 valence electrons. The summed E-state index contributed by atoms with van der Waals surface area (Å²) in [5.74, 6) is 0.538. The number of pyridine rings is 1. The zero-order chi connectivity index (χ0) is 13.1. The third kappa shape index (κ3) is 2.79. The highest BCUT2D eigenvalue weighted by molar-refractivity contribution is 5.98. The summed E-state index contributed by atoms with van der Waals surface area (Å²) in [6.45, 7) is 2.96. The number of likely N-dealkylation sites (tertiary alicyclic amines) is 1. The molecule has 1 aliphatic rings. The van der Waals surface area contributed by atoms with Crippen LogP contribution in [-0.2, 0) is 0 Å². The van der Waals surface area contributed by atoms with E-state index in [4.69, 9.17) is 5.73 Å². The number of anilines is 1. The van der Waals surface area contributed by atoms with Gasteiger partial charge in [-0.15, -0.1) is 0 Å². The Bertz CT molecular complexity index is 435. The number of hydrogen-bond donors (Lipinski definition) is 1. The number of hydrogen-bond acceptors (Lipinski definition) is 4. The molecule has 2 N–H and O–H groups in total. The Morgan fingerprint density at radius 1 is 1.67 bits per heavy atom. The van der Waals surface area contributed by atoms with Crippen molar-refractivity contribution in [1.82, 2.24) is 14.8 Å². The first-order chi connectivity index (χ1) is 8.58. The minimum atomic E-state index is -0.0237. The molecule has 1 fully saturated rings. The number of rotatable bonds is 3. The normalized spacial score (nSPS) is 20.0. The molecule has 1 unspecified atom stereocenters. The maximum Gasteiger partial charge on any atom is 0.255 e. The molecule has 1 amide bonds. The maximum absolute atomic E-state index is 12.2. The molecule has 1 aliphatic heterocycles. The molecule has 0 saturated carbocycles. The molecule has 18 heavy (non-hydrogen) atoms. The zero-order valence-corrected chi connectivity index (χ0v) is 11.0. The third-order valence-electron chi connectivity index (χ3n) is 3.45. The number of carbonyl (C=O) groups is 1. The van der Waals surface area contributed by atoms with Crippen LogP contribution in [0.1, 0.15) is 16.8 Å². The van der Waals surface area contributed by atoms with E-state index in [0.29, 0.717) is 17.2 Å². The average molecular weight is 248 g/mol. The van der Waals surface area contributed by atoms with Gasteiger partial charge >= 0.3 is 0 Å². The van der Waals surface area contributed by atoms with Crippen LogP contribution in [0.5, 0.6) is 0 Å². The van der Waals surface area contributed by atoms with E-state index < -0.39 is 0 Å². The second-order valence-electron chi connectivity index (χ2n) is 5.07. The van der Waals surface area contributed by atoms with Crippen LogP contribution >= 0.6 is 0 Å². The number of nitrogens with zero attached hydrogens (tertiary/aromatic N) is 3. The molecule has 1 aromatic rings. The summed E-state index contributed by atoms with van der Waals surface area (Å²) in [4.78, 5) is 20.2. The van der Waals surface area contributed by atoms with Gasteiger partial charge in [0.05, 0.1) is 17.4 Å². The van der Waals surface area contributed by atoms with E-state index in [-0.39, 0.29) is 5.91 Å². The Hall–Kier alpha value is -1.62. The van der Waals surface area contributed by atoms with E-state index in [0.717, 1.165) is 26.1 Å². The summed E-state index contributed by atoms with van der Waals surface area (Å²) in [6, 6.07) is 1.68. The molecule has 5 heteroatoms. The number of amides is 1. The Labute approximate surface area is 108 Å². The summed E-state index contributed by atoms with van der Waals surface area (Å²) in [5.41, 5.74) is 6.75. The predicted octanol–water partition coefficient (Wildman–Crippen LogP) is 0.687.